The smallest absolute Gasteiger partial charge is 0.301 e. The molecule has 0 aliphatic heterocycles. The molecule has 0 aliphatic carbocycles. The second kappa shape index (κ2) is 15.7. The van der Waals surface area contributed by atoms with Gasteiger partial charge in [0.2, 0.25) is 0 Å². The minimum absolute atomic E-state index is 0.296. The van der Waals surface area contributed by atoms with Crippen molar-refractivity contribution in [3.8, 4) is 0 Å². The molecule has 10 N–H and O–H groups in total. The van der Waals surface area contributed by atoms with Gasteiger partial charge < -0.3 is 19.7 Å². The van der Waals surface area contributed by atoms with Gasteiger partial charge in [0.05, 0.1) is 10.7 Å². The third-order valence-electron chi connectivity index (χ3n) is 1.76. The first-order chi connectivity index (χ1) is 11.0. The highest BCUT2D eigenvalue weighted by Crippen LogP contribution is 2.04. The van der Waals surface area contributed by atoms with E-state index in [1.807, 2.05) is 13.8 Å². The van der Waals surface area contributed by atoms with E-state index in [-0.39, 0.29) is 0 Å². The van der Waals surface area contributed by atoms with Crippen molar-refractivity contribution in [2.24, 2.45) is 11.5 Å². The molecule has 0 rings (SSSR count). The molecule has 25 heavy (non-hydrogen) atoms. The molecule has 0 saturated heterocycles. The summed E-state index contributed by atoms with van der Waals surface area (Å²) in [6.45, 7) is 12.4. The van der Waals surface area contributed by atoms with Crippen LogP contribution in [0.15, 0.2) is 0 Å². The number of amidine groups is 2. The summed E-state index contributed by atoms with van der Waals surface area (Å²) in [4.78, 5) is 0. The average molecular weight is 421 g/mol. The largest absolute Gasteiger partial charge is 0.759 e. The fraction of sp³-hybridized carbons (Fsp3) is 0.833. The topological polar surface area (TPSA) is 208 Å². The summed E-state index contributed by atoms with van der Waals surface area (Å²) in [5.41, 5.74) is 10.6. The lowest BCUT2D eigenvalue weighted by atomic mass is 10.4. The highest BCUT2D eigenvalue weighted by Gasteiger charge is 2.08. The fourth-order valence-electron chi connectivity index (χ4n) is 1.42. The van der Waals surface area contributed by atoms with Crippen LogP contribution in [-0.4, -0.2) is 50.7 Å². The second-order valence-corrected chi connectivity index (χ2v) is 9.02. The molecule has 0 amide bonds. The Morgan fingerprint density at radius 2 is 1.04 bits per heavy atom. The molecular formula is C12H32N6O4S3. The third kappa shape index (κ3) is 45.2. The van der Waals surface area contributed by atoms with Gasteiger partial charge in [0.1, 0.15) is 0 Å². The molecule has 152 valence electrons. The summed E-state index contributed by atoms with van der Waals surface area (Å²) in [6.07, 6.45) is 0. The molecule has 0 spiro atoms. The van der Waals surface area contributed by atoms with Crippen molar-refractivity contribution in [2.75, 3.05) is 0 Å². The number of nitrogens with two attached hydrogens (primary N) is 4. The van der Waals surface area contributed by atoms with Gasteiger partial charge in [-0.05, 0) is 65.1 Å². The number of thioether (sulfide) groups is 2. The van der Waals surface area contributed by atoms with Gasteiger partial charge in [-0.3, -0.25) is 30.7 Å². The van der Waals surface area contributed by atoms with E-state index >= 15 is 0 Å². The van der Waals surface area contributed by atoms with Gasteiger partial charge in [-0.2, -0.15) is 0 Å². The standard InChI is InChI=1S/2C6H15N3S.H2O4S/c2*1-4(2)9-5(3)10-6(7)8;1-5(2,3)4/h2*4-5,9H,1-3H3,(H3,7,8);(H2,1,2,3,4). The average Bonchev–Trinajstić information content (AvgIpc) is 2.21. The zero-order valence-corrected chi connectivity index (χ0v) is 17.9. The first-order valence-corrected chi connectivity index (χ1v) is 10.4. The third-order valence-corrected chi connectivity index (χ3v) is 3.29. The van der Waals surface area contributed by atoms with E-state index < -0.39 is 10.4 Å². The Bertz CT molecular complexity index is 437. The molecule has 10 nitrogen and oxygen atoms in total. The lowest BCUT2D eigenvalue weighted by Crippen LogP contribution is -2.46. The Kier molecular flexibility index (Phi) is 18.3. The van der Waals surface area contributed by atoms with Crippen molar-refractivity contribution in [3.63, 3.8) is 0 Å². The zero-order chi connectivity index (χ0) is 20.8. The Hall–Kier alpha value is -0.570. The number of hydrogen-bond donors (Lipinski definition) is 6. The predicted octanol–water partition coefficient (Wildman–Crippen LogP) is -3.06. The van der Waals surface area contributed by atoms with Gasteiger partial charge in [0, 0.05) is 22.5 Å². The highest BCUT2D eigenvalue weighted by molar-refractivity contribution is 8.14. The molecule has 0 heterocycles. The molecule has 2 atom stereocenters. The molecule has 0 fully saturated rings. The number of hydrogen-bond acceptors (Lipinski definition) is 8. The molecule has 13 heteroatoms. The van der Waals surface area contributed by atoms with Gasteiger partial charge in [0.25, 0.3) is 0 Å². The number of rotatable bonds is 6. The van der Waals surface area contributed by atoms with Crippen molar-refractivity contribution in [3.05, 3.63) is 0 Å². The van der Waals surface area contributed by atoms with Crippen molar-refractivity contribution in [1.29, 1.82) is 0 Å². The van der Waals surface area contributed by atoms with Crippen LogP contribution in [0, 0.1) is 0 Å². The van der Waals surface area contributed by atoms with Crippen LogP contribution in [0.2, 0.25) is 0 Å². The molecule has 0 aromatic carbocycles. The van der Waals surface area contributed by atoms with Crippen molar-refractivity contribution in [1.82, 2.24) is 10.6 Å². The zero-order valence-electron chi connectivity index (χ0n) is 15.5. The normalized spacial score (nSPS) is 13.2. The van der Waals surface area contributed by atoms with Crippen LogP contribution in [0.3, 0.4) is 0 Å². The summed E-state index contributed by atoms with van der Waals surface area (Å²) in [5.74, 6) is 0. The lowest BCUT2D eigenvalue weighted by molar-refractivity contribution is -0.110. The lowest BCUT2D eigenvalue weighted by Gasteiger charge is -2.13. The van der Waals surface area contributed by atoms with E-state index in [0.717, 1.165) is 0 Å². The molecule has 0 aromatic rings. The van der Waals surface area contributed by atoms with Crippen LogP contribution in [0.1, 0.15) is 41.5 Å². The fourth-order valence-corrected chi connectivity index (χ4v) is 2.91. The quantitative estimate of drug-likeness (QED) is 0.0839. The highest BCUT2D eigenvalue weighted by atomic mass is 32.3. The molecule has 0 aromatic heterocycles. The minimum Gasteiger partial charge on any atom is -0.759 e. The van der Waals surface area contributed by atoms with E-state index in [2.05, 4.69) is 38.3 Å². The molecule has 2 unspecified atom stereocenters. The van der Waals surface area contributed by atoms with Crippen LogP contribution in [0.4, 0.5) is 0 Å². The Morgan fingerprint density at radius 3 is 1.16 bits per heavy atom. The van der Waals surface area contributed by atoms with E-state index in [4.69, 9.17) is 39.8 Å². The summed E-state index contributed by atoms with van der Waals surface area (Å²) in [6, 6.07) is 0.948. The SMILES string of the molecule is CC(C)NC(C)SC(N)=[NH2+].CC(C)NC(C)SC(N)=[NH2+].O=S(=O)([O-])[O-]. The first-order valence-electron chi connectivity index (χ1n) is 7.32. The van der Waals surface area contributed by atoms with E-state index in [9.17, 15) is 0 Å². The van der Waals surface area contributed by atoms with Crippen LogP contribution < -0.4 is 32.9 Å². The first kappa shape index (κ1) is 29.2. The van der Waals surface area contributed by atoms with Gasteiger partial charge in [-0.25, -0.2) is 0 Å². The molecule has 0 radical (unpaired) electrons. The summed E-state index contributed by atoms with van der Waals surface area (Å²) in [7, 11) is -5.17. The van der Waals surface area contributed by atoms with E-state index in [1.165, 1.54) is 23.5 Å². The Balaban J connectivity index is -0.000000308. The molecular weight excluding hydrogens is 388 g/mol. The van der Waals surface area contributed by atoms with Gasteiger partial charge in [-0.1, -0.05) is 0 Å². The molecule has 0 saturated carbocycles. The van der Waals surface area contributed by atoms with E-state index in [0.29, 0.717) is 33.2 Å². The van der Waals surface area contributed by atoms with Crippen LogP contribution in [0.25, 0.3) is 0 Å². The number of nitrogens with one attached hydrogen (secondary N) is 2. The van der Waals surface area contributed by atoms with Crippen molar-refractivity contribution < 1.29 is 28.3 Å². The van der Waals surface area contributed by atoms with Gasteiger partial charge >= 0.3 is 10.3 Å². The molecule has 0 bridgehead atoms. The van der Waals surface area contributed by atoms with Crippen LogP contribution >= 0.6 is 23.5 Å². The predicted molar refractivity (Wildman–Crippen MR) is 103 cm³/mol. The summed E-state index contributed by atoms with van der Waals surface area (Å²) < 4.78 is 34.1. The summed E-state index contributed by atoms with van der Waals surface area (Å²) >= 11 is 2.89. The van der Waals surface area contributed by atoms with Crippen LogP contribution in [0.5, 0.6) is 0 Å². The van der Waals surface area contributed by atoms with Gasteiger partial charge in [-0.15, -0.1) is 0 Å². The minimum atomic E-state index is -5.17. The molecule has 0 aliphatic rings. The monoisotopic (exact) mass is 420 g/mol. The van der Waals surface area contributed by atoms with Crippen LogP contribution in [-0.2, 0) is 10.4 Å². The Labute approximate surface area is 159 Å². The van der Waals surface area contributed by atoms with Crippen molar-refractivity contribution in [2.45, 2.75) is 64.4 Å². The summed E-state index contributed by atoms with van der Waals surface area (Å²) in [5, 5.41) is 18.5. The maximum absolute atomic E-state index is 8.52. The Morgan fingerprint density at radius 1 is 0.840 bits per heavy atom. The van der Waals surface area contributed by atoms with Crippen molar-refractivity contribution >= 4 is 44.3 Å². The maximum Gasteiger partial charge on any atom is 0.301 e. The van der Waals surface area contributed by atoms with Gasteiger partial charge in [0.15, 0.2) is 0 Å². The second-order valence-electron chi connectivity index (χ2n) is 5.38. The van der Waals surface area contributed by atoms with E-state index in [1.54, 1.807) is 0 Å². The maximum atomic E-state index is 8.52.